The van der Waals surface area contributed by atoms with E-state index in [0.717, 1.165) is 0 Å². The molecule has 7 heteroatoms. The van der Waals surface area contributed by atoms with E-state index in [9.17, 15) is 8.42 Å². The molecule has 0 saturated carbocycles. The molecule has 1 aromatic heterocycles. The van der Waals surface area contributed by atoms with Gasteiger partial charge in [-0.1, -0.05) is 29.8 Å². The quantitative estimate of drug-likeness (QED) is 0.870. The Labute approximate surface area is 117 Å². The molecule has 0 aliphatic rings. The summed E-state index contributed by atoms with van der Waals surface area (Å²) in [7, 11) is -2.10. The highest BCUT2D eigenvalue weighted by atomic mass is 35.5. The van der Waals surface area contributed by atoms with Crippen LogP contribution in [0, 0.1) is 0 Å². The zero-order valence-corrected chi connectivity index (χ0v) is 12.2. The summed E-state index contributed by atoms with van der Waals surface area (Å²) in [6.45, 7) is 2.07. The van der Waals surface area contributed by atoms with E-state index in [4.69, 9.17) is 11.6 Å². The van der Waals surface area contributed by atoms with Gasteiger partial charge in [0.1, 0.15) is 5.15 Å². The first kappa shape index (κ1) is 13.9. The van der Waals surface area contributed by atoms with Crippen molar-refractivity contribution < 1.29 is 8.42 Å². The van der Waals surface area contributed by atoms with Gasteiger partial charge in [0.2, 0.25) is 5.03 Å². The van der Waals surface area contributed by atoms with E-state index >= 15 is 0 Å². The third-order valence-electron chi connectivity index (χ3n) is 2.70. The van der Waals surface area contributed by atoms with E-state index in [-0.39, 0.29) is 10.2 Å². The van der Waals surface area contributed by atoms with Crippen LogP contribution in [0.4, 0.5) is 5.69 Å². The molecule has 0 amide bonds. The van der Waals surface area contributed by atoms with Crippen molar-refractivity contribution in [2.75, 3.05) is 10.8 Å². The summed E-state index contributed by atoms with van der Waals surface area (Å²) < 4.78 is 27.9. The first-order chi connectivity index (χ1) is 8.98. The highest BCUT2D eigenvalue weighted by Crippen LogP contribution is 2.26. The van der Waals surface area contributed by atoms with Crippen LogP contribution in [0.5, 0.6) is 0 Å². The normalized spacial score (nSPS) is 11.5. The Morgan fingerprint density at radius 3 is 2.42 bits per heavy atom. The molecular weight excluding hydrogens is 286 g/mol. The molecule has 0 N–H and O–H groups in total. The van der Waals surface area contributed by atoms with Crippen LogP contribution in [0.25, 0.3) is 0 Å². The Morgan fingerprint density at radius 2 is 1.95 bits per heavy atom. The number of nitrogens with zero attached hydrogens (tertiary/aromatic N) is 3. The van der Waals surface area contributed by atoms with Gasteiger partial charge in [-0.3, -0.25) is 4.31 Å². The molecule has 0 aliphatic heterocycles. The average Bonchev–Trinajstić information content (AvgIpc) is 2.72. The third kappa shape index (κ3) is 2.46. The molecule has 2 aromatic rings. The number of sulfonamides is 1. The summed E-state index contributed by atoms with van der Waals surface area (Å²) in [5.74, 6) is 0. The lowest BCUT2D eigenvalue weighted by molar-refractivity contribution is 0.588. The van der Waals surface area contributed by atoms with Gasteiger partial charge in [-0.2, -0.15) is 8.42 Å². The van der Waals surface area contributed by atoms with Crippen LogP contribution < -0.4 is 4.31 Å². The van der Waals surface area contributed by atoms with Crippen LogP contribution in [0.15, 0.2) is 41.7 Å². The van der Waals surface area contributed by atoms with Gasteiger partial charge in [-0.05, 0) is 19.1 Å². The minimum atomic E-state index is -3.74. The Bertz CT molecular complexity index is 668. The fourth-order valence-corrected chi connectivity index (χ4v) is 3.63. The van der Waals surface area contributed by atoms with Crippen LogP contribution in [-0.2, 0) is 17.1 Å². The molecule has 0 unspecified atom stereocenters. The monoisotopic (exact) mass is 299 g/mol. The maximum Gasteiger partial charge on any atom is 0.284 e. The van der Waals surface area contributed by atoms with Gasteiger partial charge in [0.25, 0.3) is 10.0 Å². The zero-order chi connectivity index (χ0) is 14.0. The molecule has 0 saturated heterocycles. The standard InChI is InChI=1S/C12H14ClN3O2S/c1-3-16(10-7-5-4-6-8-10)19(17,18)12-11(13)15(2)9-14-12/h4-9H,3H2,1-2H3. The first-order valence-electron chi connectivity index (χ1n) is 5.73. The molecule has 5 nitrogen and oxygen atoms in total. The topological polar surface area (TPSA) is 55.2 Å². The highest BCUT2D eigenvalue weighted by Gasteiger charge is 2.29. The number of benzene rings is 1. The molecule has 0 fully saturated rings. The second-order valence-corrected chi connectivity index (χ2v) is 6.09. The van der Waals surface area contributed by atoms with E-state index in [1.807, 2.05) is 6.07 Å². The van der Waals surface area contributed by atoms with Crippen molar-refractivity contribution >= 4 is 27.3 Å². The molecule has 102 valence electrons. The smallest absolute Gasteiger partial charge is 0.284 e. The summed E-state index contributed by atoms with van der Waals surface area (Å²) in [5.41, 5.74) is 0.590. The van der Waals surface area contributed by atoms with Gasteiger partial charge in [0.15, 0.2) is 0 Å². The number of aryl methyl sites for hydroxylation is 1. The van der Waals surface area contributed by atoms with Crippen molar-refractivity contribution in [2.45, 2.75) is 11.9 Å². The van der Waals surface area contributed by atoms with Gasteiger partial charge in [0.05, 0.1) is 12.0 Å². The lowest BCUT2D eigenvalue weighted by Gasteiger charge is -2.21. The van der Waals surface area contributed by atoms with Crippen molar-refractivity contribution in [1.29, 1.82) is 0 Å². The predicted octanol–water partition coefficient (Wildman–Crippen LogP) is 2.29. The van der Waals surface area contributed by atoms with E-state index < -0.39 is 10.0 Å². The predicted molar refractivity (Wildman–Crippen MR) is 74.9 cm³/mol. The highest BCUT2D eigenvalue weighted by molar-refractivity contribution is 7.92. The number of anilines is 1. The van der Waals surface area contributed by atoms with E-state index in [1.165, 1.54) is 15.2 Å². The van der Waals surface area contributed by atoms with Gasteiger partial charge in [-0.15, -0.1) is 0 Å². The van der Waals surface area contributed by atoms with Gasteiger partial charge in [-0.25, -0.2) is 4.98 Å². The molecule has 0 spiro atoms. The second kappa shape index (κ2) is 5.22. The molecule has 1 aromatic carbocycles. The van der Waals surface area contributed by atoms with Gasteiger partial charge in [0, 0.05) is 13.6 Å². The minimum absolute atomic E-state index is 0.106. The molecule has 0 atom stereocenters. The van der Waals surface area contributed by atoms with Crippen LogP contribution in [-0.4, -0.2) is 24.5 Å². The van der Waals surface area contributed by atoms with Crippen molar-refractivity contribution in [1.82, 2.24) is 9.55 Å². The number of hydrogen-bond donors (Lipinski definition) is 0. The number of imidazole rings is 1. The maximum absolute atomic E-state index is 12.6. The summed E-state index contributed by atoms with van der Waals surface area (Å²) in [6.07, 6.45) is 1.38. The minimum Gasteiger partial charge on any atom is -0.324 e. The average molecular weight is 300 g/mol. The molecule has 0 aliphatic carbocycles. The molecule has 0 bridgehead atoms. The van der Waals surface area contributed by atoms with Crippen molar-refractivity contribution in [3.8, 4) is 0 Å². The summed E-state index contributed by atoms with van der Waals surface area (Å²) in [4.78, 5) is 3.88. The Morgan fingerprint density at radius 1 is 1.32 bits per heavy atom. The Kier molecular flexibility index (Phi) is 3.82. The van der Waals surface area contributed by atoms with Gasteiger partial charge >= 0.3 is 0 Å². The Hall–Kier alpha value is -1.53. The molecule has 2 rings (SSSR count). The fourth-order valence-electron chi connectivity index (χ4n) is 1.76. The zero-order valence-electron chi connectivity index (χ0n) is 10.6. The van der Waals surface area contributed by atoms with Crippen LogP contribution in [0.1, 0.15) is 6.92 Å². The summed E-state index contributed by atoms with van der Waals surface area (Å²) in [5, 5.41) is -0.0169. The lowest BCUT2D eigenvalue weighted by Crippen LogP contribution is -2.31. The molecular formula is C12H14ClN3O2S. The number of rotatable bonds is 4. The summed E-state index contributed by atoms with van der Waals surface area (Å²) in [6, 6.07) is 8.87. The maximum atomic E-state index is 12.6. The number of para-hydroxylation sites is 1. The van der Waals surface area contributed by atoms with Crippen LogP contribution in [0.2, 0.25) is 5.15 Å². The fraction of sp³-hybridized carbons (Fsp3) is 0.250. The van der Waals surface area contributed by atoms with Crippen molar-refractivity contribution in [3.63, 3.8) is 0 Å². The van der Waals surface area contributed by atoms with Crippen molar-refractivity contribution in [3.05, 3.63) is 41.8 Å². The van der Waals surface area contributed by atoms with Crippen molar-refractivity contribution in [2.24, 2.45) is 7.05 Å². The largest absolute Gasteiger partial charge is 0.324 e. The SMILES string of the molecule is CCN(c1ccccc1)S(=O)(=O)c1ncn(C)c1Cl. The number of aromatic nitrogens is 2. The van der Waals surface area contributed by atoms with E-state index in [2.05, 4.69) is 4.98 Å². The van der Waals surface area contributed by atoms with Gasteiger partial charge < -0.3 is 4.57 Å². The lowest BCUT2D eigenvalue weighted by atomic mass is 10.3. The molecule has 1 heterocycles. The van der Waals surface area contributed by atoms with E-state index in [0.29, 0.717) is 12.2 Å². The second-order valence-electron chi connectivity index (χ2n) is 3.96. The summed E-state index contributed by atoms with van der Waals surface area (Å²) >= 11 is 5.98. The number of halogens is 1. The number of hydrogen-bond acceptors (Lipinski definition) is 3. The Balaban J connectivity index is 2.52. The first-order valence-corrected chi connectivity index (χ1v) is 7.55. The van der Waals surface area contributed by atoms with Crippen LogP contribution >= 0.6 is 11.6 Å². The third-order valence-corrected chi connectivity index (χ3v) is 5.09. The molecule has 19 heavy (non-hydrogen) atoms. The van der Waals surface area contributed by atoms with E-state index in [1.54, 1.807) is 38.2 Å². The molecule has 0 radical (unpaired) electrons. The van der Waals surface area contributed by atoms with Crippen LogP contribution in [0.3, 0.4) is 0 Å².